The molecule has 9 rings (SSSR count). The smallest absolute Gasteiger partial charge is 0.193 e. The van der Waals surface area contributed by atoms with Gasteiger partial charge in [-0.1, -0.05) is 126 Å². The Balaban J connectivity index is 1.26. The van der Waals surface area contributed by atoms with E-state index in [1.807, 2.05) is 12.1 Å². The zero-order valence-corrected chi connectivity index (χ0v) is 28.5. The second-order valence-corrected chi connectivity index (χ2v) is 15.4. The predicted octanol–water partition coefficient (Wildman–Crippen LogP) is 11.6. The van der Waals surface area contributed by atoms with E-state index < -0.39 is 0 Å². The van der Waals surface area contributed by atoms with E-state index in [9.17, 15) is 4.79 Å². The molecule has 0 spiro atoms. The molecule has 0 fully saturated rings. The van der Waals surface area contributed by atoms with Gasteiger partial charge in [0.1, 0.15) is 0 Å². The summed E-state index contributed by atoms with van der Waals surface area (Å²) in [5, 5.41) is 0. The number of para-hydroxylation sites is 1. The Morgan fingerprint density at radius 3 is 1.75 bits per heavy atom. The van der Waals surface area contributed by atoms with E-state index in [0.717, 1.165) is 39.1 Å². The van der Waals surface area contributed by atoms with Crippen LogP contribution in [0, 0.1) is 0 Å². The van der Waals surface area contributed by atoms with Crippen molar-refractivity contribution in [3.05, 3.63) is 172 Å². The molecule has 6 aromatic carbocycles. The molecule has 2 heteroatoms. The van der Waals surface area contributed by atoms with Crippen LogP contribution in [0.1, 0.15) is 90.8 Å². The standard InChI is InChI=1S/C46H39NO/c1-44(2)35-17-11-10-16-31(35)34-26-40-42(27-39(34)44)47(41-19-13-12-18-36(41)45(40,3)4)30-21-23-33-38(25-30)46(5,6)37-24-29(20-22-32(37)43(33)48)28-14-8-7-9-15-28/h7-27H,1-6H3. The van der Waals surface area contributed by atoms with E-state index in [2.05, 4.69) is 162 Å². The number of carbonyl (C=O) groups excluding carboxylic acids is 1. The van der Waals surface area contributed by atoms with E-state index in [-0.39, 0.29) is 22.0 Å². The topological polar surface area (TPSA) is 20.3 Å². The van der Waals surface area contributed by atoms with Crippen LogP contribution in [0.5, 0.6) is 0 Å². The second-order valence-electron chi connectivity index (χ2n) is 15.4. The summed E-state index contributed by atoms with van der Waals surface area (Å²) in [6.45, 7) is 14.0. The summed E-state index contributed by atoms with van der Waals surface area (Å²) in [4.78, 5) is 16.6. The number of benzene rings is 6. The maximum absolute atomic E-state index is 14.1. The van der Waals surface area contributed by atoms with Crippen LogP contribution in [0.3, 0.4) is 0 Å². The third-order valence-corrected chi connectivity index (χ3v) is 11.7. The fraction of sp³-hybridized carbons (Fsp3) is 0.196. The van der Waals surface area contributed by atoms with Gasteiger partial charge in [-0.25, -0.2) is 0 Å². The molecular formula is C46H39NO. The van der Waals surface area contributed by atoms with Crippen molar-refractivity contribution in [3.63, 3.8) is 0 Å². The summed E-state index contributed by atoms with van der Waals surface area (Å²) in [6.07, 6.45) is 0. The number of anilines is 3. The lowest BCUT2D eigenvalue weighted by Gasteiger charge is -2.43. The molecule has 0 atom stereocenters. The number of nitrogens with zero attached hydrogens (tertiary/aromatic N) is 1. The van der Waals surface area contributed by atoms with Crippen LogP contribution in [-0.2, 0) is 16.2 Å². The quantitative estimate of drug-likeness (QED) is 0.192. The summed E-state index contributed by atoms with van der Waals surface area (Å²) < 4.78 is 0. The normalized spacial score (nSPS) is 17.0. The minimum Gasteiger partial charge on any atom is -0.310 e. The van der Waals surface area contributed by atoms with Crippen LogP contribution in [0.2, 0.25) is 0 Å². The van der Waals surface area contributed by atoms with E-state index in [0.29, 0.717) is 0 Å². The van der Waals surface area contributed by atoms with Crippen LogP contribution in [-0.4, -0.2) is 5.78 Å². The molecule has 3 aliphatic rings. The first kappa shape index (κ1) is 29.0. The molecule has 2 nitrogen and oxygen atoms in total. The molecule has 0 unspecified atom stereocenters. The number of hydrogen-bond donors (Lipinski definition) is 0. The third kappa shape index (κ3) is 3.78. The zero-order valence-electron chi connectivity index (χ0n) is 28.5. The Morgan fingerprint density at radius 1 is 0.396 bits per heavy atom. The van der Waals surface area contributed by atoms with Gasteiger partial charge in [0.25, 0.3) is 0 Å². The van der Waals surface area contributed by atoms with Crippen LogP contribution < -0.4 is 4.90 Å². The number of hydrogen-bond acceptors (Lipinski definition) is 2. The molecule has 0 saturated carbocycles. The maximum atomic E-state index is 14.1. The van der Waals surface area contributed by atoms with Crippen molar-refractivity contribution in [2.24, 2.45) is 0 Å². The average Bonchev–Trinajstić information content (AvgIpc) is 3.32. The number of rotatable bonds is 2. The summed E-state index contributed by atoms with van der Waals surface area (Å²) in [7, 11) is 0. The van der Waals surface area contributed by atoms with Crippen LogP contribution in [0.25, 0.3) is 22.3 Å². The van der Waals surface area contributed by atoms with E-state index in [1.54, 1.807) is 0 Å². The minimum atomic E-state index is -0.377. The van der Waals surface area contributed by atoms with Crippen molar-refractivity contribution in [2.75, 3.05) is 4.90 Å². The van der Waals surface area contributed by atoms with Crippen LogP contribution in [0.4, 0.5) is 17.1 Å². The first-order valence-electron chi connectivity index (χ1n) is 17.1. The fourth-order valence-corrected chi connectivity index (χ4v) is 8.92. The van der Waals surface area contributed by atoms with Gasteiger partial charge in [-0.15, -0.1) is 0 Å². The van der Waals surface area contributed by atoms with Gasteiger partial charge in [0.2, 0.25) is 0 Å². The van der Waals surface area contributed by atoms with Crippen molar-refractivity contribution in [1.82, 2.24) is 0 Å². The van der Waals surface area contributed by atoms with Crippen LogP contribution >= 0.6 is 0 Å². The van der Waals surface area contributed by atoms with Crippen molar-refractivity contribution >= 4 is 22.8 Å². The van der Waals surface area contributed by atoms with Gasteiger partial charge in [-0.05, 0) is 98.1 Å². The van der Waals surface area contributed by atoms with Gasteiger partial charge < -0.3 is 4.90 Å². The Morgan fingerprint density at radius 2 is 0.979 bits per heavy atom. The van der Waals surface area contributed by atoms with Gasteiger partial charge in [0.15, 0.2) is 5.78 Å². The molecule has 0 saturated heterocycles. The lowest BCUT2D eigenvalue weighted by molar-refractivity contribution is 0.103. The molecule has 0 bridgehead atoms. The summed E-state index contributed by atoms with van der Waals surface area (Å²) in [5.41, 5.74) is 16.9. The number of carbonyl (C=O) groups is 1. The molecule has 0 aromatic heterocycles. The number of ketones is 1. The minimum absolute atomic E-state index is 0.100. The highest BCUT2D eigenvalue weighted by Gasteiger charge is 2.43. The molecule has 0 radical (unpaired) electrons. The molecule has 234 valence electrons. The van der Waals surface area contributed by atoms with Crippen molar-refractivity contribution < 1.29 is 4.79 Å². The highest BCUT2D eigenvalue weighted by Crippen LogP contribution is 2.58. The molecule has 48 heavy (non-hydrogen) atoms. The molecule has 1 heterocycles. The molecule has 1 aliphatic heterocycles. The lowest BCUT2D eigenvalue weighted by atomic mass is 9.67. The molecule has 0 amide bonds. The summed E-state index contributed by atoms with van der Waals surface area (Å²) in [6, 6.07) is 45.9. The Bertz CT molecular complexity index is 2340. The van der Waals surface area contributed by atoms with Gasteiger partial charge in [0.05, 0.1) is 11.4 Å². The average molecular weight is 622 g/mol. The van der Waals surface area contributed by atoms with E-state index >= 15 is 0 Å². The Labute approximate surface area is 283 Å². The van der Waals surface area contributed by atoms with Gasteiger partial charge in [-0.3, -0.25) is 4.79 Å². The predicted molar refractivity (Wildman–Crippen MR) is 198 cm³/mol. The SMILES string of the molecule is CC1(C)c2cc(-c3ccccc3)ccc2C(=O)c2ccc(N3c4ccccc4C(C)(C)c4cc5c(cc43)C(C)(C)c3ccccc3-5)cc21. The summed E-state index contributed by atoms with van der Waals surface area (Å²) in [5.74, 6) is 0.100. The maximum Gasteiger partial charge on any atom is 0.193 e. The highest BCUT2D eigenvalue weighted by atomic mass is 16.1. The molecule has 0 N–H and O–H groups in total. The van der Waals surface area contributed by atoms with E-state index in [4.69, 9.17) is 0 Å². The first-order chi connectivity index (χ1) is 23.0. The van der Waals surface area contributed by atoms with Crippen LogP contribution in [0.15, 0.2) is 127 Å². The van der Waals surface area contributed by atoms with E-state index in [1.165, 1.54) is 44.8 Å². The molecule has 6 aromatic rings. The largest absolute Gasteiger partial charge is 0.310 e. The Kier molecular flexibility index (Phi) is 5.84. The van der Waals surface area contributed by atoms with Crippen molar-refractivity contribution in [2.45, 2.75) is 57.8 Å². The van der Waals surface area contributed by atoms with Gasteiger partial charge in [0, 0.05) is 33.1 Å². The molecular weight excluding hydrogens is 583 g/mol. The monoisotopic (exact) mass is 621 g/mol. The lowest BCUT2D eigenvalue weighted by Crippen LogP contribution is -2.33. The van der Waals surface area contributed by atoms with Gasteiger partial charge in [-0.2, -0.15) is 0 Å². The summed E-state index contributed by atoms with van der Waals surface area (Å²) >= 11 is 0. The first-order valence-corrected chi connectivity index (χ1v) is 17.1. The number of fused-ring (bicyclic) bond motifs is 7. The zero-order chi connectivity index (χ0) is 33.2. The Hall–Kier alpha value is -5.21. The fourth-order valence-electron chi connectivity index (χ4n) is 8.92. The van der Waals surface area contributed by atoms with Gasteiger partial charge >= 0.3 is 0 Å². The van der Waals surface area contributed by atoms with Crippen molar-refractivity contribution in [1.29, 1.82) is 0 Å². The second kappa shape index (κ2) is 9.67. The van der Waals surface area contributed by atoms with Crippen molar-refractivity contribution in [3.8, 4) is 22.3 Å². The highest BCUT2D eigenvalue weighted by molar-refractivity contribution is 6.14. The third-order valence-electron chi connectivity index (χ3n) is 11.7. The molecule has 2 aliphatic carbocycles.